The molecular weight excluding hydrogens is 429 g/mol. The van der Waals surface area contributed by atoms with E-state index in [9.17, 15) is 8.42 Å². The van der Waals surface area contributed by atoms with Crippen LogP contribution in [0, 0.1) is 0 Å². The number of guanidine groups is 1. The number of hydrogen-bond donors (Lipinski definition) is 2. The molecule has 1 heterocycles. The average Bonchev–Trinajstić information content (AvgIpc) is 2.53. The van der Waals surface area contributed by atoms with Crippen molar-refractivity contribution >= 4 is 40.0 Å². The third kappa shape index (κ3) is 7.93. The molecular formula is C14H26IN5O2S. The van der Waals surface area contributed by atoms with E-state index in [1.807, 2.05) is 11.9 Å². The molecule has 0 aliphatic carbocycles. The Labute approximate surface area is 156 Å². The van der Waals surface area contributed by atoms with Gasteiger partial charge in [-0.25, -0.2) is 13.1 Å². The Morgan fingerprint density at radius 1 is 1.39 bits per heavy atom. The van der Waals surface area contributed by atoms with Crippen molar-refractivity contribution in [3.05, 3.63) is 24.5 Å². The number of unbranched alkanes of at least 4 members (excludes halogenated alkanes) is 1. The first-order chi connectivity index (χ1) is 10.5. The van der Waals surface area contributed by atoms with Crippen LogP contribution in [0.5, 0.6) is 0 Å². The lowest BCUT2D eigenvalue weighted by Gasteiger charge is -2.21. The smallest absolute Gasteiger partial charge is 0.242 e. The third-order valence-electron chi connectivity index (χ3n) is 3.07. The number of rotatable bonds is 8. The van der Waals surface area contributed by atoms with Crippen LogP contribution in [0.1, 0.15) is 19.8 Å². The highest BCUT2D eigenvalue weighted by molar-refractivity contribution is 14.0. The molecule has 0 aliphatic heterocycles. The lowest BCUT2D eigenvalue weighted by atomic mass is 10.3. The van der Waals surface area contributed by atoms with Crippen LogP contribution in [0.4, 0.5) is 0 Å². The molecule has 0 atom stereocenters. The molecule has 23 heavy (non-hydrogen) atoms. The summed E-state index contributed by atoms with van der Waals surface area (Å²) in [6.45, 7) is 3.79. The van der Waals surface area contributed by atoms with Gasteiger partial charge in [0.05, 0.1) is 0 Å². The fourth-order valence-electron chi connectivity index (χ4n) is 1.83. The summed E-state index contributed by atoms with van der Waals surface area (Å²) in [5.41, 5.74) is 0. The fraction of sp³-hybridized carbons (Fsp3) is 0.571. The third-order valence-corrected chi connectivity index (χ3v) is 4.51. The van der Waals surface area contributed by atoms with Gasteiger partial charge in [0.15, 0.2) is 5.96 Å². The van der Waals surface area contributed by atoms with Crippen molar-refractivity contribution in [1.82, 2.24) is 19.9 Å². The molecule has 0 amide bonds. The first-order valence-corrected chi connectivity index (χ1v) is 8.81. The number of hydrogen-bond acceptors (Lipinski definition) is 4. The highest BCUT2D eigenvalue weighted by Crippen LogP contribution is 2.04. The Morgan fingerprint density at radius 2 is 2.13 bits per heavy atom. The van der Waals surface area contributed by atoms with Crippen LogP contribution in [0.3, 0.4) is 0 Å². The van der Waals surface area contributed by atoms with E-state index in [4.69, 9.17) is 0 Å². The van der Waals surface area contributed by atoms with Crippen molar-refractivity contribution in [2.75, 3.05) is 33.7 Å². The Bertz CT molecular complexity index is 566. The van der Waals surface area contributed by atoms with Gasteiger partial charge in [-0.15, -0.1) is 24.0 Å². The standard InChI is InChI=1S/C14H25N5O2S.HI/c1-4-5-11-19(3)14(15-2)17-9-10-18-22(20,21)13-7-6-8-16-12-13;/h6-8,12,18H,4-5,9-11H2,1-3H3,(H,15,17);1H. The van der Waals surface area contributed by atoms with Crippen LogP contribution in [0.15, 0.2) is 34.4 Å². The number of halogens is 1. The van der Waals surface area contributed by atoms with Gasteiger partial charge in [-0.2, -0.15) is 0 Å². The molecule has 0 fully saturated rings. The van der Waals surface area contributed by atoms with E-state index in [2.05, 4.69) is 26.9 Å². The quantitative estimate of drug-likeness (QED) is 0.267. The van der Waals surface area contributed by atoms with E-state index >= 15 is 0 Å². The highest BCUT2D eigenvalue weighted by Gasteiger charge is 2.13. The molecule has 0 saturated carbocycles. The summed E-state index contributed by atoms with van der Waals surface area (Å²) >= 11 is 0. The second-order valence-corrected chi connectivity index (χ2v) is 6.60. The number of nitrogens with zero attached hydrogens (tertiary/aromatic N) is 3. The maximum Gasteiger partial charge on any atom is 0.242 e. The van der Waals surface area contributed by atoms with E-state index in [-0.39, 0.29) is 35.4 Å². The summed E-state index contributed by atoms with van der Waals surface area (Å²) in [7, 11) is 0.171. The number of aromatic nitrogens is 1. The molecule has 0 aliphatic rings. The first-order valence-electron chi connectivity index (χ1n) is 7.32. The topological polar surface area (TPSA) is 86.7 Å². The van der Waals surface area contributed by atoms with Crippen molar-refractivity contribution in [1.29, 1.82) is 0 Å². The first kappa shape index (κ1) is 22.1. The number of pyridine rings is 1. The Kier molecular flexibility index (Phi) is 11.1. The van der Waals surface area contributed by atoms with Gasteiger partial charge in [0, 0.05) is 46.1 Å². The summed E-state index contributed by atoms with van der Waals surface area (Å²) < 4.78 is 26.5. The summed E-state index contributed by atoms with van der Waals surface area (Å²) in [5.74, 6) is 0.758. The molecule has 0 aromatic carbocycles. The summed E-state index contributed by atoms with van der Waals surface area (Å²) in [4.78, 5) is 10.2. The molecule has 0 radical (unpaired) electrons. The number of nitrogens with one attached hydrogen (secondary N) is 2. The minimum atomic E-state index is -3.51. The number of sulfonamides is 1. The van der Waals surface area contributed by atoms with Crippen LogP contribution in [-0.4, -0.2) is 58.0 Å². The van der Waals surface area contributed by atoms with Gasteiger partial charge in [-0.1, -0.05) is 13.3 Å². The average molecular weight is 455 g/mol. The minimum Gasteiger partial charge on any atom is -0.355 e. The lowest BCUT2D eigenvalue weighted by molar-refractivity contribution is 0.465. The molecule has 0 spiro atoms. The monoisotopic (exact) mass is 455 g/mol. The van der Waals surface area contributed by atoms with Gasteiger partial charge in [-0.05, 0) is 18.6 Å². The summed E-state index contributed by atoms with van der Waals surface area (Å²) in [5, 5.41) is 3.14. The van der Waals surface area contributed by atoms with Gasteiger partial charge in [0.2, 0.25) is 10.0 Å². The van der Waals surface area contributed by atoms with Gasteiger partial charge in [0.25, 0.3) is 0 Å². The molecule has 0 bridgehead atoms. The van der Waals surface area contributed by atoms with Crippen LogP contribution in [0.25, 0.3) is 0 Å². The predicted molar refractivity (Wildman–Crippen MR) is 104 cm³/mol. The molecule has 0 unspecified atom stereocenters. The molecule has 0 saturated heterocycles. The van der Waals surface area contributed by atoms with Crippen molar-refractivity contribution in [3.63, 3.8) is 0 Å². The van der Waals surface area contributed by atoms with E-state index in [1.54, 1.807) is 13.1 Å². The zero-order valence-corrected chi connectivity index (χ0v) is 17.0. The number of aliphatic imine (C=N–C) groups is 1. The van der Waals surface area contributed by atoms with Gasteiger partial charge in [0.1, 0.15) is 4.90 Å². The second-order valence-electron chi connectivity index (χ2n) is 4.84. The molecule has 1 rings (SSSR count). The van der Waals surface area contributed by atoms with Crippen molar-refractivity contribution in [2.45, 2.75) is 24.7 Å². The largest absolute Gasteiger partial charge is 0.355 e. The maximum absolute atomic E-state index is 12.0. The molecule has 9 heteroatoms. The van der Waals surface area contributed by atoms with Crippen molar-refractivity contribution in [3.8, 4) is 0 Å². The van der Waals surface area contributed by atoms with Crippen LogP contribution >= 0.6 is 24.0 Å². The normalized spacial score (nSPS) is 11.7. The molecule has 132 valence electrons. The fourth-order valence-corrected chi connectivity index (χ4v) is 2.83. The Balaban J connectivity index is 0.00000484. The second kappa shape index (κ2) is 11.6. The van der Waals surface area contributed by atoms with E-state index in [1.165, 1.54) is 18.5 Å². The van der Waals surface area contributed by atoms with E-state index < -0.39 is 10.0 Å². The zero-order chi connectivity index (χ0) is 16.4. The molecule has 2 N–H and O–H groups in total. The minimum absolute atomic E-state index is 0. The van der Waals surface area contributed by atoms with E-state index in [0.29, 0.717) is 6.54 Å². The molecule has 7 nitrogen and oxygen atoms in total. The van der Waals surface area contributed by atoms with Gasteiger partial charge >= 0.3 is 0 Å². The van der Waals surface area contributed by atoms with Gasteiger partial charge in [-0.3, -0.25) is 9.98 Å². The summed E-state index contributed by atoms with van der Waals surface area (Å²) in [6.07, 6.45) is 5.07. The Hall–Kier alpha value is -0.940. The van der Waals surface area contributed by atoms with Gasteiger partial charge < -0.3 is 10.2 Å². The molecule has 1 aromatic rings. The van der Waals surface area contributed by atoms with Crippen molar-refractivity contribution < 1.29 is 8.42 Å². The Morgan fingerprint density at radius 3 is 2.70 bits per heavy atom. The lowest BCUT2D eigenvalue weighted by Crippen LogP contribution is -2.42. The van der Waals surface area contributed by atoms with Crippen LogP contribution < -0.4 is 10.0 Å². The van der Waals surface area contributed by atoms with Crippen LogP contribution in [-0.2, 0) is 10.0 Å². The maximum atomic E-state index is 12.0. The highest BCUT2D eigenvalue weighted by atomic mass is 127. The predicted octanol–water partition coefficient (Wildman–Crippen LogP) is 1.29. The van der Waals surface area contributed by atoms with Crippen LogP contribution in [0.2, 0.25) is 0 Å². The zero-order valence-electron chi connectivity index (χ0n) is 13.8. The van der Waals surface area contributed by atoms with E-state index in [0.717, 1.165) is 25.3 Å². The summed E-state index contributed by atoms with van der Waals surface area (Å²) in [6, 6.07) is 3.11. The van der Waals surface area contributed by atoms with Crippen molar-refractivity contribution in [2.24, 2.45) is 4.99 Å². The molecule has 1 aromatic heterocycles. The SMILES string of the molecule is CCCCN(C)C(=NC)NCCNS(=O)(=O)c1cccnc1.I.